The maximum Gasteiger partial charge on any atom is 0.417 e. The third kappa shape index (κ3) is 3.69. The zero-order valence-corrected chi connectivity index (χ0v) is 14.7. The van der Waals surface area contributed by atoms with Crippen LogP contribution in [0.25, 0.3) is 11.1 Å². The van der Waals surface area contributed by atoms with Crippen LogP contribution < -0.4 is 11.1 Å². The van der Waals surface area contributed by atoms with E-state index in [9.17, 15) is 9.59 Å². The summed E-state index contributed by atoms with van der Waals surface area (Å²) >= 11 is 0. The number of oxazole rings is 1. The zero-order valence-electron chi connectivity index (χ0n) is 14.7. The first kappa shape index (κ1) is 16.9. The van der Waals surface area contributed by atoms with E-state index in [0.29, 0.717) is 23.2 Å². The third-order valence-electron chi connectivity index (χ3n) is 4.47. The summed E-state index contributed by atoms with van der Waals surface area (Å²) < 4.78 is 10.5. The Morgan fingerprint density at radius 2 is 1.96 bits per heavy atom. The molecule has 4 rings (SSSR count). The minimum absolute atomic E-state index is 0.160. The summed E-state index contributed by atoms with van der Waals surface area (Å²) in [6, 6.07) is 16.6. The molecular weight excluding hydrogens is 344 g/mol. The lowest BCUT2D eigenvalue weighted by Gasteiger charge is -2.17. The number of hydrogen-bond donors (Lipinski definition) is 2. The number of amides is 1. The van der Waals surface area contributed by atoms with Crippen LogP contribution in [0.2, 0.25) is 0 Å². The van der Waals surface area contributed by atoms with E-state index in [1.54, 1.807) is 30.5 Å². The SMILES string of the molecule is Cc1ccc(C(Cc2ccco2)C(=O)Nc2ccc3[nH]c(=O)oc3c2)cc1. The van der Waals surface area contributed by atoms with Crippen molar-refractivity contribution in [2.75, 3.05) is 5.32 Å². The van der Waals surface area contributed by atoms with Crippen LogP contribution >= 0.6 is 0 Å². The number of rotatable bonds is 5. The highest BCUT2D eigenvalue weighted by atomic mass is 16.4. The second-order valence-electron chi connectivity index (χ2n) is 6.46. The van der Waals surface area contributed by atoms with Crippen molar-refractivity contribution in [2.24, 2.45) is 0 Å². The van der Waals surface area contributed by atoms with E-state index in [-0.39, 0.29) is 5.91 Å². The number of nitrogens with one attached hydrogen (secondary N) is 2. The van der Waals surface area contributed by atoms with Crippen LogP contribution in [0.3, 0.4) is 0 Å². The van der Waals surface area contributed by atoms with Crippen LogP contribution in [-0.4, -0.2) is 10.9 Å². The topological polar surface area (TPSA) is 88.2 Å². The summed E-state index contributed by atoms with van der Waals surface area (Å²) in [5.41, 5.74) is 3.58. The van der Waals surface area contributed by atoms with Crippen molar-refractivity contribution < 1.29 is 13.6 Å². The first-order valence-corrected chi connectivity index (χ1v) is 8.61. The lowest BCUT2D eigenvalue weighted by molar-refractivity contribution is -0.117. The molecule has 1 atom stereocenters. The van der Waals surface area contributed by atoms with Crippen molar-refractivity contribution in [1.82, 2.24) is 4.98 Å². The van der Waals surface area contributed by atoms with E-state index in [2.05, 4.69) is 10.3 Å². The van der Waals surface area contributed by atoms with Crippen LogP contribution in [0.15, 0.2) is 74.5 Å². The fourth-order valence-corrected chi connectivity index (χ4v) is 3.04. The van der Waals surface area contributed by atoms with Gasteiger partial charge in [-0.05, 0) is 36.8 Å². The van der Waals surface area contributed by atoms with E-state index in [4.69, 9.17) is 8.83 Å². The molecule has 0 aliphatic heterocycles. The maximum atomic E-state index is 13.0. The number of carbonyl (C=O) groups excluding carboxylic acids is 1. The number of aryl methyl sites for hydroxylation is 1. The quantitative estimate of drug-likeness (QED) is 0.562. The van der Waals surface area contributed by atoms with Gasteiger partial charge in [-0.1, -0.05) is 29.8 Å². The Morgan fingerprint density at radius 3 is 2.70 bits per heavy atom. The summed E-state index contributed by atoms with van der Waals surface area (Å²) in [6.07, 6.45) is 2.05. The molecule has 0 aliphatic rings. The lowest BCUT2D eigenvalue weighted by atomic mass is 9.93. The molecule has 0 radical (unpaired) electrons. The van der Waals surface area contributed by atoms with Gasteiger partial charge in [0.25, 0.3) is 0 Å². The molecule has 0 fully saturated rings. The number of H-pyrrole nitrogens is 1. The van der Waals surface area contributed by atoms with Gasteiger partial charge in [-0.15, -0.1) is 0 Å². The van der Waals surface area contributed by atoms with Gasteiger partial charge in [0.05, 0.1) is 17.7 Å². The summed E-state index contributed by atoms with van der Waals surface area (Å²) in [5.74, 6) is -0.357. The summed E-state index contributed by atoms with van der Waals surface area (Å²) in [6.45, 7) is 2.01. The Bertz CT molecular complexity index is 1120. The average Bonchev–Trinajstić information content (AvgIpc) is 3.28. The van der Waals surface area contributed by atoms with Crippen LogP contribution in [-0.2, 0) is 11.2 Å². The van der Waals surface area contributed by atoms with Crippen molar-refractivity contribution in [3.8, 4) is 0 Å². The molecule has 1 amide bonds. The van der Waals surface area contributed by atoms with E-state index in [1.807, 2.05) is 37.3 Å². The van der Waals surface area contributed by atoms with Crippen LogP contribution in [0.5, 0.6) is 0 Å². The maximum absolute atomic E-state index is 13.0. The Labute approximate surface area is 154 Å². The Kier molecular flexibility index (Phi) is 4.38. The van der Waals surface area contributed by atoms with Gasteiger partial charge < -0.3 is 14.2 Å². The smallest absolute Gasteiger partial charge is 0.417 e. The van der Waals surface area contributed by atoms with Gasteiger partial charge in [0.2, 0.25) is 5.91 Å². The molecule has 6 nitrogen and oxygen atoms in total. The van der Waals surface area contributed by atoms with E-state index < -0.39 is 11.7 Å². The molecule has 6 heteroatoms. The first-order valence-electron chi connectivity index (χ1n) is 8.61. The molecule has 2 aromatic carbocycles. The molecule has 2 N–H and O–H groups in total. The van der Waals surface area contributed by atoms with Crippen LogP contribution in [0, 0.1) is 6.92 Å². The van der Waals surface area contributed by atoms with Crippen molar-refractivity contribution in [3.63, 3.8) is 0 Å². The minimum atomic E-state index is -0.524. The van der Waals surface area contributed by atoms with Gasteiger partial charge in [-0.25, -0.2) is 4.79 Å². The molecule has 0 spiro atoms. The predicted octanol–water partition coefficient (Wildman–Crippen LogP) is 3.99. The first-order chi connectivity index (χ1) is 13.1. The Hall–Kier alpha value is -3.54. The fourth-order valence-electron chi connectivity index (χ4n) is 3.04. The fraction of sp³-hybridized carbons (Fsp3) is 0.143. The van der Waals surface area contributed by atoms with Crippen molar-refractivity contribution >= 4 is 22.7 Å². The molecule has 0 saturated carbocycles. The summed E-state index contributed by atoms with van der Waals surface area (Å²) in [4.78, 5) is 26.9. The molecule has 136 valence electrons. The normalized spacial score (nSPS) is 12.2. The van der Waals surface area contributed by atoms with Gasteiger partial charge in [0.15, 0.2) is 5.58 Å². The standard InChI is InChI=1S/C21H18N2O4/c1-13-4-6-14(7-5-13)17(12-16-3-2-10-26-16)20(24)22-15-8-9-18-19(11-15)27-21(25)23-18/h2-11,17H,12H2,1H3,(H,22,24)(H,23,25). The number of aromatic amines is 1. The zero-order chi connectivity index (χ0) is 18.8. The number of furan rings is 1. The Balaban J connectivity index is 1.62. The molecule has 27 heavy (non-hydrogen) atoms. The van der Waals surface area contributed by atoms with Gasteiger partial charge in [-0.2, -0.15) is 0 Å². The molecule has 0 aliphatic carbocycles. The number of fused-ring (bicyclic) bond motifs is 1. The number of anilines is 1. The van der Waals surface area contributed by atoms with Crippen molar-refractivity contribution in [2.45, 2.75) is 19.3 Å². The van der Waals surface area contributed by atoms with E-state index in [1.165, 1.54) is 0 Å². The molecule has 0 bridgehead atoms. The minimum Gasteiger partial charge on any atom is -0.469 e. The van der Waals surface area contributed by atoms with Gasteiger partial charge in [0, 0.05) is 18.2 Å². The molecular formula is C21H18N2O4. The van der Waals surface area contributed by atoms with Crippen LogP contribution in [0.1, 0.15) is 22.8 Å². The largest absolute Gasteiger partial charge is 0.469 e. The number of hydrogen-bond acceptors (Lipinski definition) is 4. The van der Waals surface area contributed by atoms with E-state index >= 15 is 0 Å². The number of carbonyl (C=O) groups is 1. The Morgan fingerprint density at radius 1 is 1.15 bits per heavy atom. The molecule has 0 saturated heterocycles. The highest BCUT2D eigenvalue weighted by Crippen LogP contribution is 2.25. The monoisotopic (exact) mass is 362 g/mol. The molecule has 2 aromatic heterocycles. The van der Waals surface area contributed by atoms with Gasteiger partial charge >= 0.3 is 5.76 Å². The number of benzene rings is 2. The van der Waals surface area contributed by atoms with Crippen LogP contribution in [0.4, 0.5) is 5.69 Å². The third-order valence-corrected chi connectivity index (χ3v) is 4.47. The predicted molar refractivity (Wildman–Crippen MR) is 102 cm³/mol. The summed E-state index contributed by atoms with van der Waals surface area (Å²) in [7, 11) is 0. The molecule has 4 aromatic rings. The highest BCUT2D eigenvalue weighted by molar-refractivity contribution is 5.97. The summed E-state index contributed by atoms with van der Waals surface area (Å²) in [5, 5.41) is 2.91. The second kappa shape index (κ2) is 6.99. The highest BCUT2D eigenvalue weighted by Gasteiger charge is 2.23. The molecule has 1 unspecified atom stereocenters. The van der Waals surface area contributed by atoms with Gasteiger partial charge in [0.1, 0.15) is 5.76 Å². The van der Waals surface area contributed by atoms with Gasteiger partial charge in [-0.3, -0.25) is 9.78 Å². The van der Waals surface area contributed by atoms with E-state index in [0.717, 1.165) is 16.9 Å². The average molecular weight is 362 g/mol. The van der Waals surface area contributed by atoms with Crippen molar-refractivity contribution in [1.29, 1.82) is 0 Å². The number of aromatic nitrogens is 1. The molecule has 2 heterocycles. The van der Waals surface area contributed by atoms with Crippen molar-refractivity contribution in [3.05, 3.63) is 88.3 Å². The lowest BCUT2D eigenvalue weighted by Crippen LogP contribution is -2.23. The second-order valence-corrected chi connectivity index (χ2v) is 6.46.